The van der Waals surface area contributed by atoms with E-state index in [9.17, 15) is 4.79 Å². The van der Waals surface area contributed by atoms with E-state index < -0.39 is 0 Å². The minimum Gasteiger partial charge on any atom is -0.497 e. The predicted octanol–water partition coefficient (Wildman–Crippen LogP) is 1.65. The summed E-state index contributed by atoms with van der Waals surface area (Å²) < 4.78 is 17.5. The van der Waals surface area contributed by atoms with E-state index in [0.29, 0.717) is 36.7 Å². The number of aromatic nitrogens is 4. The molecule has 4 rings (SSSR count). The molecule has 10 nitrogen and oxygen atoms in total. The quantitative estimate of drug-likeness (QED) is 0.550. The fraction of sp³-hybridized carbons (Fsp3) is 0.364. The zero-order chi connectivity index (χ0) is 22.5. The highest BCUT2D eigenvalue weighted by molar-refractivity contribution is 5.95. The number of ether oxygens (including phenoxy) is 3. The van der Waals surface area contributed by atoms with Crippen molar-refractivity contribution in [2.75, 3.05) is 47.5 Å². The summed E-state index contributed by atoms with van der Waals surface area (Å²) in [7, 11) is 4.77. The molecule has 1 saturated heterocycles. The van der Waals surface area contributed by atoms with Crippen molar-refractivity contribution in [3.05, 3.63) is 53.9 Å². The van der Waals surface area contributed by atoms with Crippen molar-refractivity contribution in [3.63, 3.8) is 0 Å². The predicted molar refractivity (Wildman–Crippen MR) is 116 cm³/mol. The van der Waals surface area contributed by atoms with Crippen LogP contribution >= 0.6 is 0 Å². The van der Waals surface area contributed by atoms with Crippen molar-refractivity contribution in [3.8, 4) is 22.9 Å². The molecule has 10 heteroatoms. The highest BCUT2D eigenvalue weighted by atomic mass is 16.5. The smallest absolute Gasteiger partial charge is 0.254 e. The van der Waals surface area contributed by atoms with Gasteiger partial charge in [0.25, 0.3) is 5.91 Å². The molecule has 1 aromatic heterocycles. The van der Waals surface area contributed by atoms with Crippen LogP contribution in [0.2, 0.25) is 0 Å². The molecule has 0 atom stereocenters. The number of rotatable bonds is 7. The molecule has 0 bridgehead atoms. The summed E-state index contributed by atoms with van der Waals surface area (Å²) in [6, 6.07) is 12.8. The van der Waals surface area contributed by atoms with E-state index in [1.807, 2.05) is 29.2 Å². The van der Waals surface area contributed by atoms with Crippen LogP contribution in [0.3, 0.4) is 0 Å². The third-order valence-corrected chi connectivity index (χ3v) is 5.47. The first-order valence-corrected chi connectivity index (χ1v) is 10.3. The first kappa shape index (κ1) is 21.6. The van der Waals surface area contributed by atoms with Gasteiger partial charge >= 0.3 is 0 Å². The van der Waals surface area contributed by atoms with Crippen LogP contribution in [0.25, 0.3) is 5.69 Å². The molecule has 32 heavy (non-hydrogen) atoms. The number of tetrazole rings is 1. The molecule has 168 valence electrons. The summed E-state index contributed by atoms with van der Waals surface area (Å²) in [4.78, 5) is 17.1. The molecule has 0 unspecified atom stereocenters. The van der Waals surface area contributed by atoms with Crippen LogP contribution in [0.5, 0.6) is 17.2 Å². The van der Waals surface area contributed by atoms with Crippen molar-refractivity contribution in [2.24, 2.45) is 0 Å². The van der Waals surface area contributed by atoms with Crippen LogP contribution in [0.1, 0.15) is 16.2 Å². The van der Waals surface area contributed by atoms with Crippen molar-refractivity contribution in [1.29, 1.82) is 0 Å². The molecular weight excluding hydrogens is 412 g/mol. The van der Waals surface area contributed by atoms with Gasteiger partial charge in [-0.2, -0.15) is 4.68 Å². The van der Waals surface area contributed by atoms with Gasteiger partial charge < -0.3 is 19.1 Å². The Labute approximate surface area is 186 Å². The first-order chi connectivity index (χ1) is 15.6. The minimum atomic E-state index is -0.0371. The molecule has 0 spiro atoms. The third-order valence-electron chi connectivity index (χ3n) is 5.47. The number of carbonyl (C=O) groups is 1. The number of benzene rings is 2. The Bertz CT molecular complexity index is 1040. The fourth-order valence-corrected chi connectivity index (χ4v) is 3.65. The fourth-order valence-electron chi connectivity index (χ4n) is 3.65. The lowest BCUT2D eigenvalue weighted by Crippen LogP contribution is -2.48. The number of methoxy groups -OCH3 is 3. The summed E-state index contributed by atoms with van der Waals surface area (Å²) in [5.74, 6) is 2.67. The lowest BCUT2D eigenvalue weighted by atomic mass is 10.1. The van der Waals surface area contributed by atoms with Crippen LogP contribution in [-0.2, 0) is 6.54 Å². The Kier molecular flexibility index (Phi) is 6.50. The monoisotopic (exact) mass is 438 g/mol. The Hall–Kier alpha value is -3.66. The van der Waals surface area contributed by atoms with Crippen molar-refractivity contribution >= 4 is 5.91 Å². The van der Waals surface area contributed by atoms with Crippen LogP contribution in [0, 0.1) is 0 Å². The summed E-state index contributed by atoms with van der Waals surface area (Å²) in [5.41, 5.74) is 1.42. The van der Waals surface area contributed by atoms with E-state index in [1.54, 1.807) is 44.2 Å². The van der Waals surface area contributed by atoms with Gasteiger partial charge in [-0.1, -0.05) is 0 Å². The summed E-state index contributed by atoms with van der Waals surface area (Å²) in [6.45, 7) is 3.27. The molecule has 1 amide bonds. The van der Waals surface area contributed by atoms with Gasteiger partial charge in [0.1, 0.15) is 17.2 Å². The van der Waals surface area contributed by atoms with Crippen molar-refractivity contribution in [1.82, 2.24) is 30.0 Å². The first-order valence-electron chi connectivity index (χ1n) is 10.3. The van der Waals surface area contributed by atoms with E-state index in [2.05, 4.69) is 20.4 Å². The average Bonchev–Trinajstić information content (AvgIpc) is 3.31. The molecule has 0 aliphatic carbocycles. The normalized spacial score (nSPS) is 14.3. The maximum atomic E-state index is 13.0. The number of amides is 1. The SMILES string of the molecule is COc1ccc(-n2nnnc2CN2CCN(C(=O)c3cc(OC)cc(OC)c3)CC2)cc1. The lowest BCUT2D eigenvalue weighted by molar-refractivity contribution is 0.0623. The van der Waals surface area contributed by atoms with Crippen LogP contribution in [0.15, 0.2) is 42.5 Å². The second-order valence-electron chi connectivity index (χ2n) is 7.37. The zero-order valence-corrected chi connectivity index (χ0v) is 18.4. The molecule has 0 saturated carbocycles. The van der Waals surface area contributed by atoms with Crippen LogP contribution < -0.4 is 14.2 Å². The van der Waals surface area contributed by atoms with E-state index in [-0.39, 0.29) is 5.91 Å². The topological polar surface area (TPSA) is 94.8 Å². The molecular formula is C22H26N6O4. The molecule has 0 N–H and O–H groups in total. The largest absolute Gasteiger partial charge is 0.497 e. The van der Waals surface area contributed by atoms with E-state index in [1.165, 1.54) is 0 Å². The number of hydrogen-bond donors (Lipinski definition) is 0. The molecule has 3 aromatic rings. The van der Waals surface area contributed by atoms with Crippen LogP contribution in [-0.4, -0.2) is 83.4 Å². The Morgan fingerprint density at radius 3 is 2.09 bits per heavy atom. The molecule has 2 aromatic carbocycles. The van der Waals surface area contributed by atoms with E-state index >= 15 is 0 Å². The standard InChI is InChI=1S/C22H26N6O4/c1-30-18-6-4-17(5-7-18)28-21(23-24-25-28)15-26-8-10-27(11-9-26)22(29)16-12-19(31-2)14-20(13-16)32-3/h4-7,12-14H,8-11,15H2,1-3H3. The highest BCUT2D eigenvalue weighted by Crippen LogP contribution is 2.24. The maximum Gasteiger partial charge on any atom is 0.254 e. The Morgan fingerprint density at radius 1 is 0.875 bits per heavy atom. The average molecular weight is 438 g/mol. The van der Waals surface area contributed by atoms with Gasteiger partial charge in [0, 0.05) is 37.8 Å². The van der Waals surface area contributed by atoms with Gasteiger partial charge in [-0.3, -0.25) is 9.69 Å². The number of carbonyl (C=O) groups excluding carboxylic acids is 1. The van der Waals surface area contributed by atoms with Gasteiger partial charge in [0.15, 0.2) is 5.82 Å². The van der Waals surface area contributed by atoms with Gasteiger partial charge in [-0.15, -0.1) is 5.10 Å². The number of hydrogen-bond acceptors (Lipinski definition) is 8. The lowest BCUT2D eigenvalue weighted by Gasteiger charge is -2.34. The van der Waals surface area contributed by atoms with E-state index in [4.69, 9.17) is 14.2 Å². The molecule has 1 aliphatic heterocycles. The van der Waals surface area contributed by atoms with E-state index in [0.717, 1.165) is 30.4 Å². The third kappa shape index (κ3) is 4.65. The van der Waals surface area contributed by atoms with Crippen molar-refractivity contribution < 1.29 is 19.0 Å². The highest BCUT2D eigenvalue weighted by Gasteiger charge is 2.24. The summed E-state index contributed by atoms with van der Waals surface area (Å²) in [6.07, 6.45) is 0. The number of piperazine rings is 1. The Balaban J connectivity index is 1.39. The van der Waals surface area contributed by atoms with Gasteiger partial charge in [-0.05, 0) is 46.8 Å². The van der Waals surface area contributed by atoms with Gasteiger partial charge in [0.2, 0.25) is 0 Å². The number of nitrogens with zero attached hydrogens (tertiary/aromatic N) is 6. The van der Waals surface area contributed by atoms with Crippen LogP contribution in [0.4, 0.5) is 0 Å². The molecule has 1 aliphatic rings. The second-order valence-corrected chi connectivity index (χ2v) is 7.37. The molecule has 1 fully saturated rings. The molecule has 0 radical (unpaired) electrons. The van der Waals surface area contributed by atoms with Crippen molar-refractivity contribution in [2.45, 2.75) is 6.54 Å². The molecule has 2 heterocycles. The maximum absolute atomic E-state index is 13.0. The minimum absolute atomic E-state index is 0.0371. The van der Waals surface area contributed by atoms with Gasteiger partial charge in [-0.25, -0.2) is 0 Å². The summed E-state index contributed by atoms with van der Waals surface area (Å²) in [5, 5.41) is 12.2. The Morgan fingerprint density at radius 2 is 1.50 bits per heavy atom. The van der Waals surface area contributed by atoms with Gasteiger partial charge in [0.05, 0.1) is 33.6 Å². The second kappa shape index (κ2) is 9.65. The summed E-state index contributed by atoms with van der Waals surface area (Å²) >= 11 is 0. The zero-order valence-electron chi connectivity index (χ0n) is 18.4.